The minimum atomic E-state index is -0.875. The number of aromatic nitrogens is 1. The van der Waals surface area contributed by atoms with Gasteiger partial charge < -0.3 is 10.0 Å². The highest BCUT2D eigenvalue weighted by Crippen LogP contribution is 2.07. The van der Waals surface area contributed by atoms with Crippen molar-refractivity contribution in [1.29, 1.82) is 0 Å². The zero-order valence-corrected chi connectivity index (χ0v) is 10.3. The quantitative estimate of drug-likeness (QED) is 0.838. The monoisotopic (exact) mass is 267 g/mol. The fourth-order valence-electron chi connectivity index (χ4n) is 1.96. The third-order valence-electron chi connectivity index (χ3n) is 2.96. The standard InChI is InChI=1S/C12H14FN3O3/c13-9-1-2-10(14-7-9)12(19)16-5-3-15(4-6-16)8-11(17)18/h1-2,7H,3-6,8H2,(H,17,18). The maximum Gasteiger partial charge on any atom is 0.317 e. The molecule has 19 heavy (non-hydrogen) atoms. The van der Waals surface area contributed by atoms with Gasteiger partial charge in [0.1, 0.15) is 11.5 Å². The van der Waals surface area contributed by atoms with Crippen molar-refractivity contribution in [3.8, 4) is 0 Å². The van der Waals surface area contributed by atoms with Crippen LogP contribution in [0.2, 0.25) is 0 Å². The van der Waals surface area contributed by atoms with E-state index in [4.69, 9.17) is 5.11 Å². The van der Waals surface area contributed by atoms with E-state index in [0.717, 1.165) is 6.20 Å². The number of amides is 1. The average molecular weight is 267 g/mol. The van der Waals surface area contributed by atoms with E-state index in [1.54, 1.807) is 9.80 Å². The number of piperazine rings is 1. The average Bonchev–Trinajstić information content (AvgIpc) is 2.39. The van der Waals surface area contributed by atoms with E-state index in [-0.39, 0.29) is 18.1 Å². The van der Waals surface area contributed by atoms with Crippen LogP contribution in [-0.2, 0) is 4.79 Å². The summed E-state index contributed by atoms with van der Waals surface area (Å²) in [5.74, 6) is -1.61. The van der Waals surface area contributed by atoms with Crippen molar-refractivity contribution in [2.75, 3.05) is 32.7 Å². The Morgan fingerprint density at radius 3 is 2.47 bits per heavy atom. The fraction of sp³-hybridized carbons (Fsp3) is 0.417. The molecule has 1 aliphatic rings. The van der Waals surface area contributed by atoms with Crippen molar-refractivity contribution in [2.45, 2.75) is 0 Å². The van der Waals surface area contributed by atoms with Crippen LogP contribution < -0.4 is 0 Å². The van der Waals surface area contributed by atoms with Gasteiger partial charge in [-0.1, -0.05) is 0 Å². The normalized spacial score (nSPS) is 16.4. The molecule has 102 valence electrons. The summed E-state index contributed by atoms with van der Waals surface area (Å²) in [6, 6.07) is 2.54. The first-order valence-electron chi connectivity index (χ1n) is 5.91. The van der Waals surface area contributed by atoms with Crippen molar-refractivity contribution >= 4 is 11.9 Å². The maximum atomic E-state index is 12.7. The van der Waals surface area contributed by atoms with Gasteiger partial charge in [0, 0.05) is 26.2 Å². The lowest BCUT2D eigenvalue weighted by Crippen LogP contribution is -2.50. The molecule has 1 fully saturated rings. The van der Waals surface area contributed by atoms with Crippen LogP contribution in [0.5, 0.6) is 0 Å². The number of aliphatic carboxylic acids is 1. The Hall–Kier alpha value is -2.02. The molecule has 1 aromatic rings. The van der Waals surface area contributed by atoms with E-state index >= 15 is 0 Å². The van der Waals surface area contributed by atoms with Crippen molar-refractivity contribution in [1.82, 2.24) is 14.8 Å². The topological polar surface area (TPSA) is 73.7 Å². The number of hydrogen-bond donors (Lipinski definition) is 1. The Morgan fingerprint density at radius 1 is 1.26 bits per heavy atom. The van der Waals surface area contributed by atoms with Gasteiger partial charge in [0.25, 0.3) is 5.91 Å². The van der Waals surface area contributed by atoms with Crippen LogP contribution in [0.1, 0.15) is 10.5 Å². The highest BCUT2D eigenvalue weighted by molar-refractivity contribution is 5.92. The van der Waals surface area contributed by atoms with E-state index < -0.39 is 11.8 Å². The Bertz CT molecular complexity index is 470. The Balaban J connectivity index is 1.92. The molecule has 6 nitrogen and oxygen atoms in total. The Morgan fingerprint density at radius 2 is 1.95 bits per heavy atom. The predicted molar refractivity (Wildman–Crippen MR) is 64.2 cm³/mol. The van der Waals surface area contributed by atoms with Gasteiger partial charge in [0.15, 0.2) is 0 Å². The molecule has 0 bridgehead atoms. The number of carbonyl (C=O) groups is 2. The number of rotatable bonds is 3. The zero-order valence-electron chi connectivity index (χ0n) is 10.3. The molecule has 1 saturated heterocycles. The predicted octanol–water partition coefficient (Wildman–Crippen LogP) is 0.0631. The maximum absolute atomic E-state index is 12.7. The summed E-state index contributed by atoms with van der Waals surface area (Å²) in [6.07, 6.45) is 1.01. The van der Waals surface area contributed by atoms with E-state index in [1.807, 2.05) is 0 Å². The zero-order chi connectivity index (χ0) is 13.8. The minimum absolute atomic E-state index is 0.0170. The van der Waals surface area contributed by atoms with Crippen LogP contribution in [0, 0.1) is 5.82 Å². The SMILES string of the molecule is O=C(O)CN1CCN(C(=O)c2ccc(F)cn2)CC1. The molecule has 0 saturated carbocycles. The Kier molecular flexibility index (Phi) is 4.06. The number of carboxylic acid groups (broad SMARTS) is 1. The van der Waals surface area contributed by atoms with Gasteiger partial charge >= 0.3 is 5.97 Å². The second-order valence-corrected chi connectivity index (χ2v) is 4.32. The molecule has 1 N–H and O–H groups in total. The van der Waals surface area contributed by atoms with Crippen LogP contribution >= 0.6 is 0 Å². The summed E-state index contributed by atoms with van der Waals surface area (Å²) < 4.78 is 12.7. The van der Waals surface area contributed by atoms with E-state index in [9.17, 15) is 14.0 Å². The lowest BCUT2D eigenvalue weighted by molar-refractivity contribution is -0.138. The second-order valence-electron chi connectivity index (χ2n) is 4.32. The lowest BCUT2D eigenvalue weighted by atomic mass is 10.2. The van der Waals surface area contributed by atoms with Crippen LogP contribution in [0.25, 0.3) is 0 Å². The number of pyridine rings is 1. The summed E-state index contributed by atoms with van der Waals surface area (Å²) >= 11 is 0. The number of halogens is 1. The first-order valence-corrected chi connectivity index (χ1v) is 5.91. The van der Waals surface area contributed by atoms with Gasteiger partial charge in [-0.25, -0.2) is 9.37 Å². The van der Waals surface area contributed by atoms with Crippen LogP contribution in [0.15, 0.2) is 18.3 Å². The molecule has 0 radical (unpaired) electrons. The highest BCUT2D eigenvalue weighted by Gasteiger charge is 2.23. The molecule has 2 rings (SSSR count). The van der Waals surface area contributed by atoms with Gasteiger partial charge in [-0.05, 0) is 12.1 Å². The van der Waals surface area contributed by atoms with Gasteiger partial charge in [-0.15, -0.1) is 0 Å². The summed E-state index contributed by atoms with van der Waals surface area (Å²) in [5, 5.41) is 8.68. The number of carbonyl (C=O) groups excluding carboxylic acids is 1. The lowest BCUT2D eigenvalue weighted by Gasteiger charge is -2.33. The Labute approximate surface area is 109 Å². The molecule has 0 unspecified atom stereocenters. The van der Waals surface area contributed by atoms with Crippen molar-refractivity contribution in [3.63, 3.8) is 0 Å². The fourth-order valence-corrected chi connectivity index (χ4v) is 1.96. The number of nitrogens with zero attached hydrogens (tertiary/aromatic N) is 3. The smallest absolute Gasteiger partial charge is 0.317 e. The molecule has 0 atom stereocenters. The summed E-state index contributed by atoms with van der Waals surface area (Å²) in [6.45, 7) is 1.91. The van der Waals surface area contributed by atoms with Gasteiger partial charge in [0.2, 0.25) is 0 Å². The van der Waals surface area contributed by atoms with E-state index in [2.05, 4.69) is 4.98 Å². The molecule has 1 aromatic heterocycles. The minimum Gasteiger partial charge on any atom is -0.480 e. The van der Waals surface area contributed by atoms with Crippen molar-refractivity contribution in [2.24, 2.45) is 0 Å². The van der Waals surface area contributed by atoms with Crippen molar-refractivity contribution in [3.05, 3.63) is 29.8 Å². The molecular weight excluding hydrogens is 253 g/mol. The third kappa shape index (κ3) is 3.47. The molecule has 1 amide bonds. The molecule has 7 heteroatoms. The highest BCUT2D eigenvalue weighted by atomic mass is 19.1. The number of hydrogen-bond acceptors (Lipinski definition) is 4. The first kappa shape index (κ1) is 13.4. The largest absolute Gasteiger partial charge is 0.480 e. The van der Waals surface area contributed by atoms with Crippen LogP contribution in [-0.4, -0.2) is 64.5 Å². The third-order valence-corrected chi connectivity index (χ3v) is 2.96. The molecule has 2 heterocycles. The molecule has 0 aliphatic carbocycles. The van der Waals surface area contributed by atoms with E-state index in [1.165, 1.54) is 12.1 Å². The first-order chi connectivity index (χ1) is 9.06. The molecule has 1 aliphatic heterocycles. The number of carboxylic acids is 1. The van der Waals surface area contributed by atoms with Crippen molar-refractivity contribution < 1.29 is 19.1 Å². The molecule has 0 aromatic carbocycles. The second kappa shape index (κ2) is 5.75. The van der Waals surface area contributed by atoms with Crippen LogP contribution in [0.3, 0.4) is 0 Å². The summed E-state index contributed by atoms with van der Waals surface area (Å²) in [4.78, 5) is 29.7. The molecule has 0 spiro atoms. The van der Waals surface area contributed by atoms with E-state index in [0.29, 0.717) is 26.2 Å². The summed E-state index contributed by atoms with van der Waals surface area (Å²) in [5.41, 5.74) is 0.202. The van der Waals surface area contributed by atoms with Gasteiger partial charge in [-0.2, -0.15) is 0 Å². The van der Waals surface area contributed by atoms with Crippen LogP contribution in [0.4, 0.5) is 4.39 Å². The summed E-state index contributed by atoms with van der Waals surface area (Å²) in [7, 11) is 0. The van der Waals surface area contributed by atoms with Gasteiger partial charge in [0.05, 0.1) is 12.7 Å². The molecular formula is C12H14FN3O3. The van der Waals surface area contributed by atoms with Gasteiger partial charge in [-0.3, -0.25) is 14.5 Å².